The first-order chi connectivity index (χ1) is 10.8. The molecule has 3 rings (SSSR count). The average Bonchev–Trinajstić information content (AvgIpc) is 2.77. The standard InChI is InChI=1S/C13H23NO9/c15-3-7-8(17)9(18)10(19)12(23-7)22-6-1-4-5(16)2-13(21,14-4)11(6)20/h4-12,14-21H,1-3H2/t4-,5+,6+,7+,8+,9-,10+,11-,12+,13+/m0/s1. The molecule has 10 nitrogen and oxygen atoms in total. The van der Waals surface area contributed by atoms with Crippen molar-refractivity contribution < 1.29 is 45.2 Å². The van der Waals surface area contributed by atoms with Gasteiger partial charge in [-0.3, -0.25) is 5.32 Å². The third-order valence-corrected chi connectivity index (χ3v) is 4.91. The highest BCUT2D eigenvalue weighted by atomic mass is 16.7. The van der Waals surface area contributed by atoms with Gasteiger partial charge in [0.1, 0.15) is 36.2 Å². The normalized spacial score (nSPS) is 56.7. The van der Waals surface area contributed by atoms with E-state index >= 15 is 0 Å². The Labute approximate surface area is 131 Å². The number of fused-ring (bicyclic) bond motifs is 2. The van der Waals surface area contributed by atoms with E-state index in [1.807, 2.05) is 0 Å². The second-order valence-electron chi connectivity index (χ2n) is 6.50. The van der Waals surface area contributed by atoms with E-state index in [2.05, 4.69) is 5.32 Å². The van der Waals surface area contributed by atoms with Crippen LogP contribution < -0.4 is 5.32 Å². The Bertz CT molecular complexity index is 434. The van der Waals surface area contributed by atoms with Gasteiger partial charge in [0.2, 0.25) is 0 Å². The van der Waals surface area contributed by atoms with Gasteiger partial charge < -0.3 is 45.2 Å². The maximum absolute atomic E-state index is 10.3. The van der Waals surface area contributed by atoms with E-state index in [-0.39, 0.29) is 12.8 Å². The fourth-order valence-corrected chi connectivity index (χ4v) is 3.53. The molecule has 3 fully saturated rings. The van der Waals surface area contributed by atoms with E-state index in [4.69, 9.17) is 14.6 Å². The van der Waals surface area contributed by atoms with Crippen LogP contribution in [0.25, 0.3) is 0 Å². The van der Waals surface area contributed by atoms with Crippen molar-refractivity contribution >= 4 is 0 Å². The van der Waals surface area contributed by atoms with E-state index in [9.17, 15) is 30.6 Å². The first-order valence-corrected chi connectivity index (χ1v) is 7.59. The predicted molar refractivity (Wildman–Crippen MR) is 71.8 cm³/mol. The van der Waals surface area contributed by atoms with Crippen molar-refractivity contribution in [3.8, 4) is 0 Å². The highest BCUT2D eigenvalue weighted by Crippen LogP contribution is 2.37. The number of aliphatic hydroxyl groups is 7. The van der Waals surface area contributed by atoms with Crippen molar-refractivity contribution in [2.75, 3.05) is 6.61 Å². The van der Waals surface area contributed by atoms with Crippen molar-refractivity contribution in [2.24, 2.45) is 0 Å². The first-order valence-electron chi connectivity index (χ1n) is 7.59. The van der Waals surface area contributed by atoms with Crippen molar-refractivity contribution in [3.05, 3.63) is 0 Å². The van der Waals surface area contributed by atoms with Crippen LogP contribution in [-0.2, 0) is 9.47 Å². The second kappa shape index (κ2) is 6.15. The minimum absolute atomic E-state index is 0.0621. The zero-order chi connectivity index (χ0) is 16.9. The van der Waals surface area contributed by atoms with Crippen LogP contribution in [0.4, 0.5) is 0 Å². The van der Waals surface area contributed by atoms with Crippen LogP contribution in [0.3, 0.4) is 0 Å². The summed E-state index contributed by atoms with van der Waals surface area (Å²) in [5.74, 6) is 0. The number of aliphatic hydroxyl groups excluding tert-OH is 6. The molecule has 2 bridgehead atoms. The largest absolute Gasteiger partial charge is 0.394 e. The third-order valence-electron chi connectivity index (χ3n) is 4.91. The van der Waals surface area contributed by atoms with E-state index in [0.29, 0.717) is 0 Å². The molecular weight excluding hydrogens is 314 g/mol. The maximum Gasteiger partial charge on any atom is 0.187 e. The van der Waals surface area contributed by atoms with E-state index in [0.717, 1.165) is 0 Å². The summed E-state index contributed by atoms with van der Waals surface area (Å²) in [4.78, 5) is 0. The van der Waals surface area contributed by atoms with Gasteiger partial charge in [0.15, 0.2) is 6.29 Å². The summed E-state index contributed by atoms with van der Waals surface area (Å²) in [6.07, 6.45) is -10.3. The number of hydrogen-bond acceptors (Lipinski definition) is 10. The van der Waals surface area contributed by atoms with Gasteiger partial charge in [-0.05, 0) is 6.42 Å². The molecule has 0 aromatic carbocycles. The lowest BCUT2D eigenvalue weighted by Gasteiger charge is -2.44. The van der Waals surface area contributed by atoms with Gasteiger partial charge in [-0.2, -0.15) is 0 Å². The molecule has 0 amide bonds. The van der Waals surface area contributed by atoms with Gasteiger partial charge in [-0.25, -0.2) is 0 Å². The zero-order valence-corrected chi connectivity index (χ0v) is 12.3. The molecule has 23 heavy (non-hydrogen) atoms. The number of ether oxygens (including phenoxy) is 2. The summed E-state index contributed by atoms with van der Waals surface area (Å²) in [6, 6.07) is -0.488. The van der Waals surface area contributed by atoms with Crippen LogP contribution >= 0.6 is 0 Å². The lowest BCUT2D eigenvalue weighted by atomic mass is 9.95. The Kier molecular flexibility index (Phi) is 4.66. The third kappa shape index (κ3) is 2.89. The summed E-state index contributed by atoms with van der Waals surface area (Å²) in [5, 5.41) is 71.6. The Balaban J connectivity index is 1.71. The minimum Gasteiger partial charge on any atom is -0.394 e. The summed E-state index contributed by atoms with van der Waals surface area (Å²) < 4.78 is 10.7. The van der Waals surface area contributed by atoms with Crippen molar-refractivity contribution in [1.29, 1.82) is 0 Å². The van der Waals surface area contributed by atoms with E-state index in [1.54, 1.807) is 0 Å². The van der Waals surface area contributed by atoms with Gasteiger partial charge in [0, 0.05) is 12.5 Å². The SMILES string of the molecule is OC[C@H]1O[C@@H](O[C@@H]2C[C@@H]3N[C@@](O)(C[C@H]3O)[C@H]2O)[C@H](O)[C@@H](O)[C@@H]1O. The number of piperidine rings is 1. The molecule has 134 valence electrons. The molecule has 10 heteroatoms. The van der Waals surface area contributed by atoms with E-state index < -0.39 is 67.4 Å². The van der Waals surface area contributed by atoms with Gasteiger partial charge in [-0.1, -0.05) is 0 Å². The Morgan fingerprint density at radius 3 is 2.43 bits per heavy atom. The molecule has 3 saturated heterocycles. The van der Waals surface area contributed by atoms with Gasteiger partial charge in [-0.15, -0.1) is 0 Å². The molecule has 10 atom stereocenters. The Hall–Kier alpha value is -0.400. The first kappa shape index (κ1) is 17.4. The second-order valence-corrected chi connectivity index (χ2v) is 6.50. The molecular formula is C13H23NO9. The number of rotatable bonds is 3. The number of nitrogens with one attached hydrogen (secondary N) is 1. The highest BCUT2D eigenvalue weighted by Gasteiger charge is 2.57. The zero-order valence-electron chi connectivity index (χ0n) is 12.3. The molecule has 3 heterocycles. The maximum atomic E-state index is 10.3. The van der Waals surface area contributed by atoms with Crippen LogP contribution in [-0.4, -0.2) is 103 Å². The number of hydrogen-bond donors (Lipinski definition) is 8. The van der Waals surface area contributed by atoms with Crippen LogP contribution in [0.2, 0.25) is 0 Å². The summed E-state index contributed by atoms with van der Waals surface area (Å²) >= 11 is 0. The van der Waals surface area contributed by atoms with E-state index in [1.165, 1.54) is 0 Å². The quantitative estimate of drug-likeness (QED) is 0.250. The molecule has 0 aliphatic carbocycles. The van der Waals surface area contributed by atoms with Crippen LogP contribution in [0.15, 0.2) is 0 Å². The summed E-state index contributed by atoms with van der Waals surface area (Å²) in [6.45, 7) is -0.592. The molecule has 0 unspecified atom stereocenters. The molecule has 0 radical (unpaired) electrons. The molecule has 3 aliphatic rings. The lowest BCUT2D eigenvalue weighted by Crippen LogP contribution is -2.65. The van der Waals surface area contributed by atoms with Crippen LogP contribution in [0.5, 0.6) is 0 Å². The minimum atomic E-state index is -1.71. The average molecular weight is 337 g/mol. The smallest absolute Gasteiger partial charge is 0.187 e. The molecule has 3 aliphatic heterocycles. The molecule has 8 N–H and O–H groups in total. The molecule has 0 aromatic heterocycles. The van der Waals surface area contributed by atoms with Crippen molar-refractivity contribution in [1.82, 2.24) is 5.32 Å². The van der Waals surface area contributed by atoms with Gasteiger partial charge >= 0.3 is 0 Å². The highest BCUT2D eigenvalue weighted by molar-refractivity contribution is 5.08. The molecule has 0 aromatic rings. The predicted octanol–water partition coefficient (Wildman–Crippen LogP) is -4.65. The van der Waals surface area contributed by atoms with Gasteiger partial charge in [0.25, 0.3) is 0 Å². The molecule has 0 saturated carbocycles. The van der Waals surface area contributed by atoms with Gasteiger partial charge in [0.05, 0.1) is 18.8 Å². The fourth-order valence-electron chi connectivity index (χ4n) is 3.53. The van der Waals surface area contributed by atoms with Crippen LogP contribution in [0.1, 0.15) is 12.8 Å². The topological polar surface area (TPSA) is 172 Å². The fraction of sp³-hybridized carbons (Fsp3) is 1.00. The summed E-state index contributed by atoms with van der Waals surface area (Å²) in [7, 11) is 0. The molecule has 0 spiro atoms. The van der Waals surface area contributed by atoms with Crippen molar-refractivity contribution in [3.63, 3.8) is 0 Å². The van der Waals surface area contributed by atoms with Crippen LogP contribution in [0, 0.1) is 0 Å². The Morgan fingerprint density at radius 2 is 1.78 bits per heavy atom. The Morgan fingerprint density at radius 1 is 1.09 bits per heavy atom. The summed E-state index contributed by atoms with van der Waals surface area (Å²) in [5.41, 5.74) is -1.71. The monoisotopic (exact) mass is 337 g/mol. The lowest BCUT2D eigenvalue weighted by molar-refractivity contribution is -0.325. The van der Waals surface area contributed by atoms with Crippen molar-refractivity contribution in [2.45, 2.75) is 73.6 Å².